The minimum absolute atomic E-state index is 0.0229. The van der Waals surface area contributed by atoms with E-state index in [1.165, 1.54) is 47.7 Å². The number of nitro groups is 1. The van der Waals surface area contributed by atoms with Crippen molar-refractivity contribution in [2.75, 3.05) is 5.75 Å². The number of hydrogen-bond acceptors (Lipinski definition) is 6. The molecule has 0 aliphatic carbocycles. The first-order valence-electron chi connectivity index (χ1n) is 9.05. The second-order valence-corrected chi connectivity index (χ2v) is 9.97. The number of aromatic nitrogens is 1. The maximum atomic E-state index is 12.3. The molecule has 158 valence electrons. The lowest BCUT2D eigenvalue weighted by molar-refractivity contribution is -0.384. The van der Waals surface area contributed by atoms with Crippen LogP contribution < -0.4 is 4.80 Å². The van der Waals surface area contributed by atoms with Crippen LogP contribution in [-0.4, -0.2) is 29.6 Å². The number of nitrogens with zero attached hydrogens (tertiary/aromatic N) is 3. The van der Waals surface area contributed by atoms with Crippen molar-refractivity contribution < 1.29 is 18.1 Å². The van der Waals surface area contributed by atoms with Crippen LogP contribution in [0.4, 0.5) is 5.69 Å². The van der Waals surface area contributed by atoms with Crippen LogP contribution in [0.1, 0.15) is 19.8 Å². The van der Waals surface area contributed by atoms with Crippen LogP contribution in [0.25, 0.3) is 10.2 Å². The van der Waals surface area contributed by atoms with Crippen molar-refractivity contribution >= 4 is 54.6 Å². The molecule has 0 unspecified atom stereocenters. The van der Waals surface area contributed by atoms with Gasteiger partial charge in [-0.2, -0.15) is 4.99 Å². The van der Waals surface area contributed by atoms with Crippen LogP contribution in [0, 0.1) is 10.1 Å². The number of amides is 1. The third-order valence-electron chi connectivity index (χ3n) is 4.39. The van der Waals surface area contributed by atoms with Crippen LogP contribution in [0.15, 0.2) is 52.4 Å². The smallest absolute Gasteiger partial charge is 0.271 e. The first-order valence-corrected chi connectivity index (χ1v) is 11.9. The van der Waals surface area contributed by atoms with Crippen molar-refractivity contribution in [1.29, 1.82) is 0 Å². The molecule has 3 aromatic rings. The fraction of sp³-hybridized carbons (Fsp3) is 0.263. The van der Waals surface area contributed by atoms with Gasteiger partial charge in [0.2, 0.25) is 5.91 Å². The SMILES string of the molecule is CCn1c(=NC(=O)CCCS(=O)(=O)c2ccc(Cl)cc2)sc2ccc([N+](=O)[O-])cc21. The third kappa shape index (κ3) is 4.94. The Labute approximate surface area is 181 Å². The first kappa shape index (κ1) is 22.1. The maximum Gasteiger partial charge on any atom is 0.271 e. The Kier molecular flexibility index (Phi) is 6.69. The van der Waals surface area contributed by atoms with Gasteiger partial charge >= 0.3 is 0 Å². The number of benzene rings is 2. The molecule has 0 fully saturated rings. The number of sulfone groups is 1. The molecule has 2 aromatic carbocycles. The molecule has 30 heavy (non-hydrogen) atoms. The van der Waals surface area contributed by atoms with Gasteiger partial charge < -0.3 is 4.57 Å². The van der Waals surface area contributed by atoms with Gasteiger partial charge in [-0.3, -0.25) is 14.9 Å². The van der Waals surface area contributed by atoms with E-state index in [1.54, 1.807) is 10.6 Å². The van der Waals surface area contributed by atoms with E-state index in [0.717, 1.165) is 4.70 Å². The number of fused-ring (bicyclic) bond motifs is 1. The van der Waals surface area contributed by atoms with E-state index in [0.29, 0.717) is 21.9 Å². The summed E-state index contributed by atoms with van der Waals surface area (Å²) in [6.45, 7) is 2.34. The minimum atomic E-state index is -3.51. The Hall–Kier alpha value is -2.56. The topological polar surface area (TPSA) is 112 Å². The van der Waals surface area contributed by atoms with E-state index in [-0.39, 0.29) is 29.2 Å². The quantitative estimate of drug-likeness (QED) is 0.385. The van der Waals surface area contributed by atoms with Gasteiger partial charge in [-0.1, -0.05) is 22.9 Å². The average molecular weight is 468 g/mol. The first-order chi connectivity index (χ1) is 14.2. The molecular formula is C19H18ClN3O5S2. The number of hydrogen-bond donors (Lipinski definition) is 0. The van der Waals surface area contributed by atoms with E-state index >= 15 is 0 Å². The summed E-state index contributed by atoms with van der Waals surface area (Å²) in [6, 6.07) is 10.4. The number of rotatable bonds is 7. The Bertz CT molecular complexity index is 1280. The molecule has 0 atom stereocenters. The summed E-state index contributed by atoms with van der Waals surface area (Å²) >= 11 is 7.03. The van der Waals surface area contributed by atoms with Crippen LogP contribution in [0.5, 0.6) is 0 Å². The molecule has 11 heteroatoms. The zero-order valence-corrected chi connectivity index (χ0v) is 18.3. The molecule has 0 saturated carbocycles. The van der Waals surface area contributed by atoms with Gasteiger partial charge in [-0.05, 0) is 43.7 Å². The molecule has 8 nitrogen and oxygen atoms in total. The molecule has 3 rings (SSSR count). The van der Waals surface area contributed by atoms with E-state index in [9.17, 15) is 23.3 Å². The molecule has 0 bridgehead atoms. The molecule has 0 radical (unpaired) electrons. The zero-order valence-electron chi connectivity index (χ0n) is 15.9. The number of nitro benzene ring substituents is 1. The van der Waals surface area contributed by atoms with Gasteiger partial charge in [0, 0.05) is 30.1 Å². The average Bonchev–Trinajstić information content (AvgIpc) is 3.04. The second-order valence-electron chi connectivity index (χ2n) is 6.42. The highest BCUT2D eigenvalue weighted by molar-refractivity contribution is 7.91. The van der Waals surface area contributed by atoms with Gasteiger partial charge in [0.15, 0.2) is 14.6 Å². The fourth-order valence-electron chi connectivity index (χ4n) is 2.90. The molecule has 0 aliphatic rings. The van der Waals surface area contributed by atoms with Gasteiger partial charge in [-0.15, -0.1) is 0 Å². The number of aryl methyl sites for hydroxylation is 1. The molecular weight excluding hydrogens is 450 g/mol. The highest BCUT2D eigenvalue weighted by Gasteiger charge is 2.16. The Morgan fingerprint density at radius 3 is 2.57 bits per heavy atom. The van der Waals surface area contributed by atoms with Gasteiger partial charge in [-0.25, -0.2) is 8.42 Å². The fourth-order valence-corrected chi connectivity index (χ4v) is 5.43. The lowest BCUT2D eigenvalue weighted by atomic mass is 10.3. The van der Waals surface area contributed by atoms with E-state index in [2.05, 4.69) is 4.99 Å². The predicted octanol–water partition coefficient (Wildman–Crippen LogP) is 3.97. The van der Waals surface area contributed by atoms with Crippen LogP contribution in [0.2, 0.25) is 5.02 Å². The Morgan fingerprint density at radius 1 is 1.23 bits per heavy atom. The van der Waals surface area contributed by atoms with E-state index in [1.807, 2.05) is 6.92 Å². The van der Waals surface area contributed by atoms with Crippen LogP contribution >= 0.6 is 22.9 Å². The Morgan fingerprint density at radius 2 is 1.93 bits per heavy atom. The highest BCUT2D eigenvalue weighted by atomic mass is 35.5. The number of carbonyl (C=O) groups excluding carboxylic acids is 1. The van der Waals surface area contributed by atoms with Gasteiger partial charge in [0.1, 0.15) is 0 Å². The largest absolute Gasteiger partial charge is 0.316 e. The molecule has 0 aliphatic heterocycles. The number of carbonyl (C=O) groups is 1. The third-order valence-corrected chi connectivity index (χ3v) is 7.52. The monoisotopic (exact) mass is 467 g/mol. The molecule has 0 N–H and O–H groups in total. The number of halogens is 1. The van der Waals surface area contributed by atoms with Crippen molar-refractivity contribution in [1.82, 2.24) is 4.57 Å². The second kappa shape index (κ2) is 9.07. The number of thiazole rings is 1. The van der Waals surface area contributed by atoms with Gasteiger partial charge in [0.25, 0.3) is 5.69 Å². The van der Waals surface area contributed by atoms with Crippen molar-refractivity contribution in [2.24, 2.45) is 4.99 Å². The van der Waals surface area contributed by atoms with Crippen molar-refractivity contribution in [2.45, 2.75) is 31.2 Å². The van der Waals surface area contributed by atoms with Crippen molar-refractivity contribution in [3.63, 3.8) is 0 Å². The standard InChI is InChI=1S/C19H18ClN3O5S2/c1-2-22-16-12-14(23(25)26)7-10-17(16)29-19(22)21-18(24)4-3-11-30(27,28)15-8-5-13(20)6-9-15/h5-10,12H,2-4,11H2,1H3. The Balaban J connectivity index is 1.75. The van der Waals surface area contributed by atoms with Crippen LogP contribution in [-0.2, 0) is 21.2 Å². The summed E-state index contributed by atoms with van der Waals surface area (Å²) in [6.07, 6.45) is 0.112. The van der Waals surface area contributed by atoms with Crippen LogP contribution in [0.3, 0.4) is 0 Å². The van der Waals surface area contributed by atoms with Gasteiger partial charge in [0.05, 0.1) is 25.8 Å². The summed E-state index contributed by atoms with van der Waals surface area (Å²) in [5.74, 6) is -0.619. The molecule has 0 saturated heterocycles. The summed E-state index contributed by atoms with van der Waals surface area (Å²) in [5.41, 5.74) is 0.598. The van der Waals surface area contributed by atoms with E-state index in [4.69, 9.17) is 11.6 Å². The lowest BCUT2D eigenvalue weighted by Crippen LogP contribution is -2.16. The summed E-state index contributed by atoms with van der Waals surface area (Å²) in [7, 11) is -3.51. The van der Waals surface area contributed by atoms with E-state index < -0.39 is 20.7 Å². The maximum absolute atomic E-state index is 12.3. The van der Waals surface area contributed by atoms with Crippen molar-refractivity contribution in [3.8, 4) is 0 Å². The number of non-ortho nitro benzene ring substituents is 1. The summed E-state index contributed by atoms with van der Waals surface area (Å²) in [4.78, 5) is 27.5. The zero-order chi connectivity index (χ0) is 21.9. The normalized spacial score (nSPS) is 12.4. The molecule has 1 heterocycles. The lowest BCUT2D eigenvalue weighted by Gasteiger charge is -2.03. The summed E-state index contributed by atoms with van der Waals surface area (Å²) in [5, 5.41) is 11.5. The molecule has 1 amide bonds. The summed E-state index contributed by atoms with van der Waals surface area (Å²) < 4.78 is 27.2. The minimum Gasteiger partial charge on any atom is -0.316 e. The van der Waals surface area contributed by atoms with Crippen molar-refractivity contribution in [3.05, 3.63) is 62.4 Å². The molecule has 0 spiro atoms. The molecule has 1 aromatic heterocycles. The predicted molar refractivity (Wildman–Crippen MR) is 115 cm³/mol. The highest BCUT2D eigenvalue weighted by Crippen LogP contribution is 2.23.